The Hall–Kier alpha value is -2.94. The van der Waals surface area contributed by atoms with Crippen LogP contribution >= 0.6 is 22.7 Å². The number of unbranched alkanes of at least 4 members (excludes halogenated alkanes) is 1. The summed E-state index contributed by atoms with van der Waals surface area (Å²) in [5.74, 6) is 0. The molecule has 7 rings (SSSR count). The van der Waals surface area contributed by atoms with Gasteiger partial charge in [-0.2, -0.15) is 0 Å². The summed E-state index contributed by atoms with van der Waals surface area (Å²) >= 11 is 3.86. The second-order valence-corrected chi connectivity index (χ2v) is 11.5. The van der Waals surface area contributed by atoms with Crippen molar-refractivity contribution in [1.29, 1.82) is 0 Å². The molecule has 2 heterocycles. The number of hydrogen-bond donors (Lipinski definition) is 0. The van der Waals surface area contributed by atoms with Gasteiger partial charge in [-0.3, -0.25) is 0 Å². The summed E-state index contributed by atoms with van der Waals surface area (Å²) in [4.78, 5) is 0. The molecule has 0 radical (unpaired) electrons. The Balaban J connectivity index is 1.46. The van der Waals surface area contributed by atoms with Gasteiger partial charge in [0.15, 0.2) is 0 Å². The summed E-state index contributed by atoms with van der Waals surface area (Å²) < 4.78 is 5.56. The molecule has 0 fully saturated rings. The molecule has 160 valence electrons. The highest BCUT2D eigenvalue weighted by molar-refractivity contribution is 7.27. The van der Waals surface area contributed by atoms with E-state index in [4.69, 9.17) is 0 Å². The highest BCUT2D eigenvalue weighted by Gasteiger charge is 2.13. The normalized spacial score (nSPS) is 12.3. The second kappa shape index (κ2) is 7.28. The van der Waals surface area contributed by atoms with Crippen molar-refractivity contribution in [3.05, 3.63) is 83.9 Å². The third-order valence-electron chi connectivity index (χ3n) is 7.02. The first-order valence-electron chi connectivity index (χ1n) is 11.8. The van der Waals surface area contributed by atoms with Crippen LogP contribution in [0.2, 0.25) is 0 Å². The monoisotopic (exact) mass is 460 g/mol. The summed E-state index contributed by atoms with van der Waals surface area (Å²) in [5, 5.41) is 11.0. The Kier molecular flexibility index (Phi) is 4.31. The average Bonchev–Trinajstić information content (AvgIpc) is 3.34. The van der Waals surface area contributed by atoms with Crippen molar-refractivity contribution in [2.75, 3.05) is 0 Å². The van der Waals surface area contributed by atoms with Gasteiger partial charge in [0.1, 0.15) is 0 Å². The maximum atomic E-state index is 2.44. The molecule has 33 heavy (non-hydrogen) atoms. The third kappa shape index (κ3) is 3.08. The lowest BCUT2D eigenvalue weighted by Crippen LogP contribution is -1.84. The molecule has 0 saturated heterocycles. The van der Waals surface area contributed by atoms with Crippen LogP contribution in [-0.4, -0.2) is 0 Å². The van der Waals surface area contributed by atoms with E-state index in [1.165, 1.54) is 92.3 Å². The van der Waals surface area contributed by atoms with Crippen molar-refractivity contribution in [1.82, 2.24) is 0 Å². The maximum Gasteiger partial charge on any atom is 0.0362 e. The number of hydrogen-bond acceptors (Lipinski definition) is 2. The number of rotatable bonds is 3. The van der Waals surface area contributed by atoms with E-state index in [-0.39, 0.29) is 0 Å². The zero-order chi connectivity index (χ0) is 22.1. The Labute approximate surface area is 201 Å². The van der Waals surface area contributed by atoms with Crippen molar-refractivity contribution in [2.24, 2.45) is 0 Å². The molecular formula is C31H24S2. The molecule has 5 aromatic carbocycles. The molecule has 0 spiro atoms. The Morgan fingerprint density at radius 1 is 0.545 bits per heavy atom. The van der Waals surface area contributed by atoms with E-state index in [1.54, 1.807) is 0 Å². The van der Waals surface area contributed by atoms with Gasteiger partial charge in [-0.1, -0.05) is 55.3 Å². The summed E-state index contributed by atoms with van der Waals surface area (Å²) in [6.45, 7) is 4.43. The average molecular weight is 461 g/mol. The standard InChI is InChI=1S/C31H24S2/c1-3-4-5-19-7-9-21-13-25-27-17-30-26(16-31(27)33-29(25)15-23(21)11-19)24-12-20-8-6-18(2)10-22(20)14-28(24)32-30/h6-17H,3-5H2,1-2H3. The fourth-order valence-electron chi connectivity index (χ4n) is 5.24. The first kappa shape index (κ1) is 19.5. The summed E-state index contributed by atoms with van der Waals surface area (Å²) in [6, 6.07) is 28.2. The van der Waals surface area contributed by atoms with Gasteiger partial charge >= 0.3 is 0 Å². The van der Waals surface area contributed by atoms with Gasteiger partial charge in [0, 0.05) is 40.3 Å². The van der Waals surface area contributed by atoms with Crippen LogP contribution in [-0.2, 0) is 6.42 Å². The second-order valence-electron chi connectivity index (χ2n) is 9.38. The maximum absolute atomic E-state index is 2.44. The molecular weight excluding hydrogens is 436 g/mol. The van der Waals surface area contributed by atoms with Gasteiger partial charge in [-0.25, -0.2) is 0 Å². The lowest BCUT2D eigenvalue weighted by molar-refractivity contribution is 0.796. The molecule has 0 aliphatic carbocycles. The predicted octanol–water partition coefficient (Wildman–Crippen LogP) is 10.4. The predicted molar refractivity (Wildman–Crippen MR) is 151 cm³/mol. The van der Waals surface area contributed by atoms with Crippen LogP contribution in [0.5, 0.6) is 0 Å². The van der Waals surface area contributed by atoms with Crippen molar-refractivity contribution in [3.8, 4) is 0 Å². The molecule has 0 N–H and O–H groups in total. The topological polar surface area (TPSA) is 0 Å². The molecule has 0 saturated carbocycles. The lowest BCUT2D eigenvalue weighted by Gasteiger charge is -2.04. The smallest absolute Gasteiger partial charge is 0.0362 e. The third-order valence-corrected chi connectivity index (χ3v) is 9.25. The SMILES string of the molecule is CCCCc1ccc2cc3c(cc2c1)sc1cc2c(cc13)sc1cc3cc(C)ccc3cc12. The van der Waals surface area contributed by atoms with E-state index in [2.05, 4.69) is 86.6 Å². The minimum absolute atomic E-state index is 1.18. The zero-order valence-electron chi connectivity index (χ0n) is 18.9. The van der Waals surface area contributed by atoms with E-state index in [9.17, 15) is 0 Å². The van der Waals surface area contributed by atoms with Crippen molar-refractivity contribution in [3.63, 3.8) is 0 Å². The first-order chi connectivity index (χ1) is 16.2. The van der Waals surface area contributed by atoms with Crippen LogP contribution in [0.15, 0.2) is 72.8 Å². The molecule has 0 atom stereocenters. The van der Waals surface area contributed by atoms with E-state index in [0.717, 1.165) is 0 Å². The minimum atomic E-state index is 1.18. The fraction of sp³-hybridized carbons (Fsp3) is 0.161. The van der Waals surface area contributed by atoms with Gasteiger partial charge in [-0.15, -0.1) is 22.7 Å². The number of benzene rings is 5. The van der Waals surface area contributed by atoms with Crippen LogP contribution in [0.25, 0.3) is 61.9 Å². The van der Waals surface area contributed by atoms with Crippen molar-refractivity contribution < 1.29 is 0 Å². The van der Waals surface area contributed by atoms with Crippen LogP contribution in [0.3, 0.4) is 0 Å². The quantitative estimate of drug-likeness (QED) is 0.246. The fourth-order valence-corrected chi connectivity index (χ4v) is 7.55. The van der Waals surface area contributed by atoms with Gasteiger partial charge in [0.05, 0.1) is 0 Å². The molecule has 7 aromatic rings. The van der Waals surface area contributed by atoms with E-state index >= 15 is 0 Å². The Morgan fingerprint density at radius 3 is 1.73 bits per heavy atom. The number of aryl methyl sites for hydroxylation is 2. The molecule has 0 aliphatic heterocycles. The van der Waals surface area contributed by atoms with Crippen LogP contribution < -0.4 is 0 Å². The van der Waals surface area contributed by atoms with Crippen LogP contribution in [0.4, 0.5) is 0 Å². The van der Waals surface area contributed by atoms with Gasteiger partial charge in [-0.05, 0) is 83.3 Å². The summed E-state index contributed by atoms with van der Waals surface area (Å²) in [7, 11) is 0. The van der Waals surface area contributed by atoms with Gasteiger partial charge in [0.25, 0.3) is 0 Å². The first-order valence-corrected chi connectivity index (χ1v) is 13.5. The van der Waals surface area contributed by atoms with E-state index < -0.39 is 0 Å². The van der Waals surface area contributed by atoms with E-state index in [1.807, 2.05) is 22.7 Å². The minimum Gasteiger partial charge on any atom is -0.135 e. The molecule has 2 heteroatoms. The lowest BCUT2D eigenvalue weighted by atomic mass is 10.0. The van der Waals surface area contributed by atoms with Crippen molar-refractivity contribution in [2.45, 2.75) is 33.1 Å². The summed E-state index contributed by atoms with van der Waals surface area (Å²) in [5.41, 5.74) is 2.78. The summed E-state index contributed by atoms with van der Waals surface area (Å²) in [6.07, 6.45) is 3.68. The Morgan fingerprint density at radius 2 is 1.09 bits per heavy atom. The van der Waals surface area contributed by atoms with Gasteiger partial charge < -0.3 is 0 Å². The number of fused-ring (bicyclic) bond motifs is 8. The molecule has 0 bridgehead atoms. The number of thiophene rings is 2. The Bertz CT molecular complexity index is 1860. The molecule has 2 aromatic heterocycles. The van der Waals surface area contributed by atoms with Crippen LogP contribution in [0.1, 0.15) is 30.9 Å². The van der Waals surface area contributed by atoms with Gasteiger partial charge in [0.2, 0.25) is 0 Å². The van der Waals surface area contributed by atoms with Crippen molar-refractivity contribution >= 4 is 84.6 Å². The highest BCUT2D eigenvalue weighted by Crippen LogP contribution is 2.43. The molecule has 0 unspecified atom stereocenters. The highest BCUT2D eigenvalue weighted by atomic mass is 32.1. The molecule has 0 aliphatic rings. The molecule has 0 amide bonds. The van der Waals surface area contributed by atoms with Crippen LogP contribution in [0, 0.1) is 6.92 Å². The largest absolute Gasteiger partial charge is 0.135 e. The van der Waals surface area contributed by atoms with E-state index in [0.29, 0.717) is 0 Å². The zero-order valence-corrected chi connectivity index (χ0v) is 20.5. The molecule has 0 nitrogen and oxygen atoms in total.